The van der Waals surface area contributed by atoms with Gasteiger partial charge in [-0.1, -0.05) is 11.6 Å². The van der Waals surface area contributed by atoms with Crippen molar-refractivity contribution in [1.82, 2.24) is 14.9 Å². The predicted octanol–water partition coefficient (Wildman–Crippen LogP) is 1.41. The maximum absolute atomic E-state index is 9.29. The zero-order chi connectivity index (χ0) is 13.9. The van der Waals surface area contributed by atoms with Gasteiger partial charge in [-0.3, -0.25) is 4.90 Å². The van der Waals surface area contributed by atoms with Crippen LogP contribution in [0, 0.1) is 5.92 Å². The Morgan fingerprint density at radius 2 is 2.00 bits per heavy atom. The lowest BCUT2D eigenvalue weighted by molar-refractivity contribution is 0.136. The van der Waals surface area contributed by atoms with Gasteiger partial charge in [0, 0.05) is 38.8 Å². The number of nitrogens with zero attached hydrogens (tertiary/aromatic N) is 4. The highest BCUT2D eigenvalue weighted by molar-refractivity contribution is 6.30. The molecule has 1 aliphatic heterocycles. The molecule has 6 heteroatoms. The van der Waals surface area contributed by atoms with Gasteiger partial charge in [-0.25, -0.2) is 9.97 Å². The number of aliphatic hydroxyl groups excluding tert-OH is 1. The smallest absolute Gasteiger partial charge is 0.225 e. The maximum atomic E-state index is 9.29. The van der Waals surface area contributed by atoms with E-state index < -0.39 is 0 Å². The average Bonchev–Trinajstić information content (AvgIpc) is 3.26. The monoisotopic (exact) mass is 296 g/mol. The van der Waals surface area contributed by atoms with Gasteiger partial charge >= 0.3 is 0 Å². The third kappa shape index (κ3) is 3.40. The van der Waals surface area contributed by atoms with Crippen LogP contribution in [0.2, 0.25) is 5.02 Å². The van der Waals surface area contributed by atoms with Crippen molar-refractivity contribution < 1.29 is 5.11 Å². The molecule has 1 aromatic rings. The number of anilines is 1. The molecule has 0 bridgehead atoms. The quantitative estimate of drug-likeness (QED) is 0.890. The van der Waals surface area contributed by atoms with Crippen molar-refractivity contribution in [3.05, 3.63) is 17.4 Å². The van der Waals surface area contributed by atoms with Crippen LogP contribution in [0.5, 0.6) is 0 Å². The van der Waals surface area contributed by atoms with E-state index in [1.54, 1.807) is 12.4 Å². The molecule has 20 heavy (non-hydrogen) atoms. The minimum atomic E-state index is 0.237. The zero-order valence-electron chi connectivity index (χ0n) is 11.6. The second-order valence-electron chi connectivity index (χ2n) is 5.75. The van der Waals surface area contributed by atoms with E-state index in [0.29, 0.717) is 11.1 Å². The Morgan fingerprint density at radius 1 is 1.25 bits per heavy atom. The van der Waals surface area contributed by atoms with Gasteiger partial charge in [0.2, 0.25) is 5.95 Å². The lowest BCUT2D eigenvalue weighted by atomic mass is 10.1. The number of piperazine rings is 1. The summed E-state index contributed by atoms with van der Waals surface area (Å²) in [6.45, 7) is 4.26. The van der Waals surface area contributed by atoms with E-state index in [2.05, 4.69) is 19.8 Å². The van der Waals surface area contributed by atoms with Gasteiger partial charge in [0.1, 0.15) is 0 Å². The summed E-state index contributed by atoms with van der Waals surface area (Å²) in [4.78, 5) is 13.3. The van der Waals surface area contributed by atoms with Gasteiger partial charge in [-0.05, 0) is 25.2 Å². The minimum Gasteiger partial charge on any atom is -0.396 e. The first-order valence-corrected chi connectivity index (χ1v) is 7.71. The van der Waals surface area contributed by atoms with Gasteiger partial charge in [0.15, 0.2) is 0 Å². The third-order valence-corrected chi connectivity index (χ3v) is 4.34. The van der Waals surface area contributed by atoms with E-state index in [1.807, 2.05) is 0 Å². The number of rotatable bonds is 5. The highest BCUT2D eigenvalue weighted by atomic mass is 35.5. The largest absolute Gasteiger partial charge is 0.396 e. The molecule has 3 rings (SSSR count). The Labute approximate surface area is 124 Å². The van der Waals surface area contributed by atoms with Crippen molar-refractivity contribution in [2.24, 2.45) is 5.92 Å². The molecule has 110 valence electrons. The lowest BCUT2D eigenvalue weighted by Crippen LogP contribution is -2.54. The van der Waals surface area contributed by atoms with Gasteiger partial charge in [0.05, 0.1) is 17.4 Å². The minimum absolute atomic E-state index is 0.237. The van der Waals surface area contributed by atoms with Crippen LogP contribution in [0.3, 0.4) is 0 Å². The van der Waals surface area contributed by atoms with Crippen LogP contribution in [0.4, 0.5) is 5.95 Å². The van der Waals surface area contributed by atoms with E-state index >= 15 is 0 Å². The summed E-state index contributed by atoms with van der Waals surface area (Å²) < 4.78 is 0. The molecule has 2 fully saturated rings. The second kappa shape index (κ2) is 6.24. The Morgan fingerprint density at radius 3 is 2.65 bits per heavy atom. The fourth-order valence-corrected chi connectivity index (χ4v) is 2.94. The van der Waals surface area contributed by atoms with Crippen molar-refractivity contribution in [3.63, 3.8) is 0 Å². The molecule has 1 aliphatic carbocycles. The fourth-order valence-electron chi connectivity index (χ4n) is 2.84. The molecule has 2 aliphatic rings. The molecule has 1 aromatic heterocycles. The van der Waals surface area contributed by atoms with Crippen LogP contribution in [-0.4, -0.2) is 58.8 Å². The predicted molar refractivity (Wildman–Crippen MR) is 79.0 cm³/mol. The molecule has 0 aromatic carbocycles. The van der Waals surface area contributed by atoms with E-state index in [0.717, 1.165) is 37.9 Å². The first-order valence-electron chi connectivity index (χ1n) is 7.33. The Kier molecular flexibility index (Phi) is 4.38. The van der Waals surface area contributed by atoms with Gasteiger partial charge in [-0.2, -0.15) is 0 Å². The normalized spacial score (nSPS) is 24.1. The van der Waals surface area contributed by atoms with Gasteiger partial charge in [0.25, 0.3) is 0 Å². The van der Waals surface area contributed by atoms with Crippen molar-refractivity contribution in [2.45, 2.75) is 25.3 Å². The molecule has 1 atom stereocenters. The maximum Gasteiger partial charge on any atom is 0.225 e. The van der Waals surface area contributed by atoms with E-state index in [4.69, 9.17) is 11.6 Å². The molecule has 0 amide bonds. The molecule has 0 spiro atoms. The van der Waals surface area contributed by atoms with Gasteiger partial charge in [-0.15, -0.1) is 0 Å². The standard InChI is InChI=1S/C14H21ClN4O/c15-12-7-16-14(17-8-12)19-5-4-18(9-11-1-2-11)13(10-19)3-6-20/h7-8,11,13,20H,1-6,9-10H2/t13-/m0/s1. The van der Waals surface area contributed by atoms with Crippen molar-refractivity contribution >= 4 is 17.5 Å². The van der Waals surface area contributed by atoms with E-state index in [-0.39, 0.29) is 6.61 Å². The summed E-state index contributed by atoms with van der Waals surface area (Å²) in [6, 6.07) is 0.397. The Bertz CT molecular complexity index is 437. The number of aromatic nitrogens is 2. The first-order chi connectivity index (χ1) is 9.76. The van der Waals surface area contributed by atoms with Crippen LogP contribution in [0.25, 0.3) is 0 Å². The van der Waals surface area contributed by atoms with Gasteiger partial charge < -0.3 is 10.0 Å². The van der Waals surface area contributed by atoms with Crippen LogP contribution in [-0.2, 0) is 0 Å². The summed E-state index contributed by atoms with van der Waals surface area (Å²) in [7, 11) is 0. The summed E-state index contributed by atoms with van der Waals surface area (Å²) in [6.07, 6.45) is 6.83. The fraction of sp³-hybridized carbons (Fsp3) is 0.714. The van der Waals surface area contributed by atoms with Crippen LogP contribution in [0.15, 0.2) is 12.4 Å². The molecule has 1 saturated carbocycles. The van der Waals surface area contributed by atoms with Crippen molar-refractivity contribution in [3.8, 4) is 0 Å². The third-order valence-electron chi connectivity index (χ3n) is 4.15. The molecule has 0 unspecified atom stereocenters. The molecular formula is C14H21ClN4O. The van der Waals surface area contributed by atoms with Crippen LogP contribution >= 0.6 is 11.6 Å². The topological polar surface area (TPSA) is 52.5 Å². The molecular weight excluding hydrogens is 276 g/mol. The summed E-state index contributed by atoms with van der Waals surface area (Å²) in [5.74, 6) is 1.62. The summed E-state index contributed by atoms with van der Waals surface area (Å²) >= 11 is 5.83. The number of aliphatic hydroxyl groups is 1. The average molecular weight is 297 g/mol. The number of hydrogen-bond acceptors (Lipinski definition) is 5. The van der Waals surface area contributed by atoms with Crippen molar-refractivity contribution in [1.29, 1.82) is 0 Å². The summed E-state index contributed by atoms with van der Waals surface area (Å²) in [5.41, 5.74) is 0. The van der Waals surface area contributed by atoms with E-state index in [9.17, 15) is 5.11 Å². The second-order valence-corrected chi connectivity index (χ2v) is 6.19. The molecule has 1 N–H and O–H groups in total. The van der Waals surface area contributed by atoms with E-state index in [1.165, 1.54) is 19.4 Å². The summed E-state index contributed by atoms with van der Waals surface area (Å²) in [5, 5.41) is 9.85. The molecule has 1 saturated heterocycles. The molecule has 2 heterocycles. The van der Waals surface area contributed by atoms with Crippen LogP contribution in [0.1, 0.15) is 19.3 Å². The number of hydrogen-bond donors (Lipinski definition) is 1. The Hall–Kier alpha value is -0.910. The lowest BCUT2D eigenvalue weighted by Gasteiger charge is -2.41. The Balaban J connectivity index is 1.65. The molecule has 0 radical (unpaired) electrons. The highest BCUT2D eigenvalue weighted by Crippen LogP contribution is 2.31. The number of halogens is 1. The van der Waals surface area contributed by atoms with Crippen LogP contribution < -0.4 is 4.90 Å². The van der Waals surface area contributed by atoms with Crippen molar-refractivity contribution in [2.75, 3.05) is 37.7 Å². The molecule has 5 nitrogen and oxygen atoms in total. The zero-order valence-corrected chi connectivity index (χ0v) is 12.3. The highest BCUT2D eigenvalue weighted by Gasteiger charge is 2.32. The first kappa shape index (κ1) is 14.0. The SMILES string of the molecule is OCC[C@H]1CN(c2ncc(Cl)cn2)CCN1CC1CC1.